The molecule has 0 saturated heterocycles. The lowest BCUT2D eigenvalue weighted by Gasteiger charge is -2.16. The summed E-state index contributed by atoms with van der Waals surface area (Å²) in [4.78, 5) is 13.6. The Hall–Kier alpha value is -2.01. The van der Waals surface area contributed by atoms with E-state index < -0.39 is 0 Å². The van der Waals surface area contributed by atoms with E-state index in [4.69, 9.17) is 17.3 Å². The van der Waals surface area contributed by atoms with Crippen LogP contribution in [-0.4, -0.2) is 28.1 Å². The van der Waals surface area contributed by atoms with E-state index in [-0.39, 0.29) is 5.91 Å². The van der Waals surface area contributed by atoms with E-state index >= 15 is 0 Å². The van der Waals surface area contributed by atoms with Gasteiger partial charge in [0.25, 0.3) is 5.91 Å². The van der Waals surface area contributed by atoms with Gasteiger partial charge in [0, 0.05) is 18.6 Å². The molecular formula is C12H13ClN4O. The Morgan fingerprint density at radius 1 is 1.44 bits per heavy atom. The van der Waals surface area contributed by atoms with Gasteiger partial charge in [0.05, 0.1) is 11.9 Å². The van der Waals surface area contributed by atoms with Crippen molar-refractivity contribution in [3.8, 4) is 0 Å². The Kier molecular flexibility index (Phi) is 3.53. The van der Waals surface area contributed by atoms with Gasteiger partial charge in [0.15, 0.2) is 0 Å². The zero-order valence-corrected chi connectivity index (χ0v) is 10.6. The van der Waals surface area contributed by atoms with Gasteiger partial charge >= 0.3 is 0 Å². The maximum absolute atomic E-state index is 12.0. The molecule has 0 saturated carbocycles. The van der Waals surface area contributed by atoms with Gasteiger partial charge in [-0.15, -0.1) is 0 Å². The monoisotopic (exact) mass is 264 g/mol. The molecule has 0 bridgehead atoms. The first kappa shape index (κ1) is 12.4. The summed E-state index contributed by atoms with van der Waals surface area (Å²) in [6.07, 6.45) is 1.42. The summed E-state index contributed by atoms with van der Waals surface area (Å²) in [6, 6.07) is 7.34. The van der Waals surface area contributed by atoms with Crippen LogP contribution >= 0.6 is 11.6 Å². The molecular weight excluding hydrogens is 252 g/mol. The predicted molar refractivity (Wildman–Crippen MR) is 70.2 cm³/mol. The maximum Gasteiger partial charge on any atom is 0.274 e. The van der Waals surface area contributed by atoms with Crippen LogP contribution in [0.25, 0.3) is 0 Å². The Bertz CT molecular complexity index is 549. The molecule has 2 rings (SSSR count). The lowest BCUT2D eigenvalue weighted by molar-refractivity contribution is 0.0780. The molecule has 1 amide bonds. The molecule has 1 aromatic heterocycles. The molecule has 0 atom stereocenters. The summed E-state index contributed by atoms with van der Waals surface area (Å²) in [5.41, 5.74) is 7.29. The first-order valence-corrected chi connectivity index (χ1v) is 5.74. The van der Waals surface area contributed by atoms with E-state index in [2.05, 4.69) is 10.2 Å². The summed E-state index contributed by atoms with van der Waals surface area (Å²) >= 11 is 5.80. The van der Waals surface area contributed by atoms with Crippen molar-refractivity contribution >= 4 is 23.2 Å². The third-order valence-electron chi connectivity index (χ3n) is 2.56. The number of H-pyrrole nitrogens is 1. The van der Waals surface area contributed by atoms with Crippen molar-refractivity contribution in [2.75, 3.05) is 12.8 Å². The molecule has 6 heteroatoms. The molecule has 94 valence electrons. The highest BCUT2D eigenvalue weighted by Gasteiger charge is 2.16. The minimum absolute atomic E-state index is 0.194. The van der Waals surface area contributed by atoms with Crippen molar-refractivity contribution in [3.05, 3.63) is 46.7 Å². The molecule has 3 N–H and O–H groups in total. The number of hydrogen-bond acceptors (Lipinski definition) is 3. The molecule has 18 heavy (non-hydrogen) atoms. The van der Waals surface area contributed by atoms with Crippen LogP contribution in [-0.2, 0) is 6.54 Å². The van der Waals surface area contributed by atoms with E-state index in [0.717, 1.165) is 5.56 Å². The Balaban J connectivity index is 2.08. The molecule has 0 aliphatic rings. The van der Waals surface area contributed by atoms with E-state index in [0.29, 0.717) is 22.9 Å². The first-order chi connectivity index (χ1) is 8.58. The van der Waals surface area contributed by atoms with Gasteiger partial charge in [-0.1, -0.05) is 23.7 Å². The van der Waals surface area contributed by atoms with Crippen LogP contribution in [0.3, 0.4) is 0 Å². The van der Waals surface area contributed by atoms with E-state index in [1.54, 1.807) is 24.1 Å². The van der Waals surface area contributed by atoms with E-state index in [9.17, 15) is 4.79 Å². The third kappa shape index (κ3) is 2.62. The van der Waals surface area contributed by atoms with Crippen LogP contribution in [0.1, 0.15) is 16.1 Å². The zero-order valence-electron chi connectivity index (χ0n) is 9.85. The van der Waals surface area contributed by atoms with Crippen LogP contribution in [0.2, 0.25) is 5.02 Å². The second-order valence-corrected chi connectivity index (χ2v) is 4.42. The average molecular weight is 265 g/mol. The minimum atomic E-state index is -0.194. The number of rotatable bonds is 3. The lowest BCUT2D eigenvalue weighted by Crippen LogP contribution is -2.27. The SMILES string of the molecule is CN(Cc1ccc(Cl)cc1)C(=O)c1[nH]ncc1N. The number of amides is 1. The van der Waals surface area contributed by atoms with Crippen molar-refractivity contribution in [1.29, 1.82) is 0 Å². The number of nitrogens with zero attached hydrogens (tertiary/aromatic N) is 2. The molecule has 0 radical (unpaired) electrons. The molecule has 0 fully saturated rings. The fourth-order valence-corrected chi connectivity index (χ4v) is 1.72. The molecule has 1 aromatic carbocycles. The number of halogens is 1. The summed E-state index contributed by atoms with van der Waals surface area (Å²) in [5.74, 6) is -0.194. The molecule has 0 aliphatic carbocycles. The zero-order chi connectivity index (χ0) is 13.1. The maximum atomic E-state index is 12.0. The quantitative estimate of drug-likeness (QED) is 0.889. The Morgan fingerprint density at radius 3 is 2.67 bits per heavy atom. The van der Waals surface area contributed by atoms with Gasteiger partial charge in [-0.05, 0) is 17.7 Å². The van der Waals surface area contributed by atoms with Gasteiger partial charge in [0.2, 0.25) is 0 Å². The number of carbonyl (C=O) groups excluding carboxylic acids is 1. The van der Waals surface area contributed by atoms with Gasteiger partial charge in [-0.2, -0.15) is 5.10 Å². The van der Waals surface area contributed by atoms with Crippen LogP contribution in [0.15, 0.2) is 30.5 Å². The Morgan fingerprint density at radius 2 is 2.11 bits per heavy atom. The summed E-state index contributed by atoms with van der Waals surface area (Å²) in [6.45, 7) is 0.481. The number of aromatic nitrogens is 2. The standard InChI is InChI=1S/C12H13ClN4O/c1-17(7-8-2-4-9(13)5-3-8)12(18)11-10(14)6-15-16-11/h2-6H,7,14H2,1H3,(H,15,16). The summed E-state index contributed by atoms with van der Waals surface area (Å²) in [7, 11) is 1.71. The second-order valence-electron chi connectivity index (χ2n) is 3.99. The first-order valence-electron chi connectivity index (χ1n) is 5.36. The van der Waals surface area contributed by atoms with Crippen molar-refractivity contribution in [1.82, 2.24) is 15.1 Å². The van der Waals surface area contributed by atoms with Crippen molar-refractivity contribution in [3.63, 3.8) is 0 Å². The van der Waals surface area contributed by atoms with Crippen LogP contribution in [0, 0.1) is 0 Å². The topological polar surface area (TPSA) is 75.0 Å². The number of carbonyl (C=O) groups is 1. The summed E-state index contributed by atoms with van der Waals surface area (Å²) in [5, 5.41) is 6.99. The minimum Gasteiger partial charge on any atom is -0.396 e. The number of nitrogen functional groups attached to an aromatic ring is 1. The van der Waals surface area contributed by atoms with Crippen molar-refractivity contribution < 1.29 is 4.79 Å². The number of hydrogen-bond donors (Lipinski definition) is 2. The third-order valence-corrected chi connectivity index (χ3v) is 2.81. The van der Waals surface area contributed by atoms with Crippen LogP contribution < -0.4 is 5.73 Å². The molecule has 1 heterocycles. The lowest BCUT2D eigenvalue weighted by atomic mass is 10.2. The highest BCUT2D eigenvalue weighted by atomic mass is 35.5. The number of aromatic amines is 1. The molecule has 0 spiro atoms. The van der Waals surface area contributed by atoms with Crippen molar-refractivity contribution in [2.45, 2.75) is 6.54 Å². The van der Waals surface area contributed by atoms with E-state index in [1.165, 1.54) is 6.20 Å². The van der Waals surface area contributed by atoms with Gasteiger partial charge < -0.3 is 10.6 Å². The number of nitrogens with two attached hydrogens (primary N) is 1. The van der Waals surface area contributed by atoms with Gasteiger partial charge in [-0.3, -0.25) is 9.89 Å². The van der Waals surface area contributed by atoms with Crippen LogP contribution in [0.5, 0.6) is 0 Å². The average Bonchev–Trinajstić information content (AvgIpc) is 2.77. The highest BCUT2D eigenvalue weighted by Crippen LogP contribution is 2.13. The van der Waals surface area contributed by atoms with E-state index in [1.807, 2.05) is 12.1 Å². The normalized spacial score (nSPS) is 10.3. The smallest absolute Gasteiger partial charge is 0.274 e. The van der Waals surface area contributed by atoms with Crippen molar-refractivity contribution in [2.24, 2.45) is 0 Å². The largest absolute Gasteiger partial charge is 0.396 e. The molecule has 0 aliphatic heterocycles. The molecule has 5 nitrogen and oxygen atoms in total. The predicted octanol–water partition coefficient (Wildman–Crippen LogP) is 1.92. The number of benzene rings is 1. The van der Waals surface area contributed by atoms with Gasteiger partial charge in [0.1, 0.15) is 5.69 Å². The molecule has 2 aromatic rings. The fraction of sp³-hybridized carbons (Fsp3) is 0.167. The number of nitrogens with one attached hydrogen (secondary N) is 1. The fourth-order valence-electron chi connectivity index (χ4n) is 1.59. The second kappa shape index (κ2) is 5.10. The van der Waals surface area contributed by atoms with Gasteiger partial charge in [-0.25, -0.2) is 0 Å². The van der Waals surface area contributed by atoms with Crippen LogP contribution in [0.4, 0.5) is 5.69 Å². The highest BCUT2D eigenvalue weighted by molar-refractivity contribution is 6.30. The Labute approximate surface area is 110 Å². The molecule has 0 unspecified atom stereocenters. The number of anilines is 1. The summed E-state index contributed by atoms with van der Waals surface area (Å²) < 4.78 is 0.